The molecule has 6 nitrogen and oxygen atoms in total. The van der Waals surface area contributed by atoms with E-state index < -0.39 is 0 Å². The lowest BCUT2D eigenvalue weighted by Crippen LogP contribution is -2.11. The zero-order valence-electron chi connectivity index (χ0n) is 14.5. The van der Waals surface area contributed by atoms with Crippen LogP contribution in [0.2, 0.25) is 0 Å². The maximum atomic E-state index is 13.4. The van der Waals surface area contributed by atoms with Gasteiger partial charge in [-0.2, -0.15) is 0 Å². The number of halogens is 1. The third-order valence-electron chi connectivity index (χ3n) is 3.84. The van der Waals surface area contributed by atoms with Crippen LogP contribution in [0.5, 0.6) is 0 Å². The van der Waals surface area contributed by atoms with Crippen LogP contribution in [0.3, 0.4) is 0 Å². The van der Waals surface area contributed by atoms with Crippen LogP contribution in [-0.4, -0.2) is 20.9 Å². The molecule has 1 amide bonds. The van der Waals surface area contributed by atoms with Crippen molar-refractivity contribution in [2.24, 2.45) is 0 Å². The first kappa shape index (κ1) is 17.7. The zero-order chi connectivity index (χ0) is 19.3. The molecule has 4 rings (SSSR count). The minimum Gasteiger partial charge on any atom is -0.324 e. The Morgan fingerprint density at radius 3 is 2.57 bits per heavy atom. The number of nitrogens with one attached hydrogen (secondary N) is 2. The second-order valence-electron chi connectivity index (χ2n) is 5.80. The van der Waals surface area contributed by atoms with Crippen LogP contribution in [0, 0.1) is 5.82 Å². The fourth-order valence-corrected chi connectivity index (χ4v) is 3.06. The minimum atomic E-state index is -0.312. The van der Waals surface area contributed by atoms with E-state index in [-0.39, 0.29) is 14.6 Å². The molecule has 28 heavy (non-hydrogen) atoms. The number of benzene rings is 2. The van der Waals surface area contributed by atoms with Crippen LogP contribution in [0.15, 0.2) is 72.5 Å². The van der Waals surface area contributed by atoms with Crippen LogP contribution >= 0.6 is 11.3 Å². The molecule has 2 N–H and O–H groups in total. The first-order valence-corrected chi connectivity index (χ1v) is 9.21. The Morgan fingerprint density at radius 2 is 1.82 bits per heavy atom. The number of carbonyl (C=O) groups excluding carboxylic acids is 1. The molecule has 0 atom stereocenters. The third-order valence-corrected chi connectivity index (χ3v) is 4.53. The monoisotopic (exact) mass is 395 g/mol. The number of rotatable bonds is 5. The molecule has 2 heterocycles. The number of amides is 1. The fraction of sp³-hybridized carbons (Fsp3) is 0. The van der Waals surface area contributed by atoms with E-state index in [4.69, 9.17) is 0 Å². The average molecular weight is 395 g/mol. The number of anilines is 3. The molecule has 0 saturated carbocycles. The number of hydrogen-bond acceptors (Lipinski definition) is 6. The maximum absolute atomic E-state index is 13.4. The van der Waals surface area contributed by atoms with E-state index in [0.717, 1.165) is 0 Å². The van der Waals surface area contributed by atoms with Crippen molar-refractivity contribution in [1.29, 1.82) is 0 Å². The Labute approximate surface area is 167 Å². The van der Waals surface area contributed by atoms with E-state index >= 15 is 0 Å². The minimum absolute atomic E-state index is 0. The summed E-state index contributed by atoms with van der Waals surface area (Å²) < 4.78 is 13.4. The lowest BCUT2D eigenvalue weighted by atomic mass is 10.1. The van der Waals surface area contributed by atoms with Crippen molar-refractivity contribution in [2.75, 3.05) is 10.6 Å². The van der Waals surface area contributed by atoms with E-state index in [1.54, 1.807) is 54.3 Å². The van der Waals surface area contributed by atoms with Gasteiger partial charge in [-0.3, -0.25) is 10.1 Å². The molecule has 0 unspecified atom stereocenters. The van der Waals surface area contributed by atoms with E-state index in [9.17, 15) is 9.18 Å². The lowest BCUT2D eigenvalue weighted by molar-refractivity contribution is 0.102. The van der Waals surface area contributed by atoms with Crippen LogP contribution in [0.1, 0.15) is 13.2 Å². The van der Waals surface area contributed by atoms with Gasteiger partial charge in [-0.05, 0) is 35.9 Å². The highest BCUT2D eigenvalue weighted by Gasteiger charge is 2.09. The number of thiazole rings is 1. The number of hydrogen-bond donors (Lipinski definition) is 2. The van der Waals surface area contributed by atoms with Crippen molar-refractivity contribution in [1.82, 2.24) is 15.0 Å². The highest BCUT2D eigenvalue weighted by molar-refractivity contribution is 7.13. The van der Waals surface area contributed by atoms with Gasteiger partial charge in [0.25, 0.3) is 5.91 Å². The standard InChI is InChI=1S/C20H14FN5OS.2H2/c21-16-5-1-3-13(9-16)15-11-23-19(24-12-15)25-17-6-2-4-14(10-17)18(27)26-20-22-7-8-28-20;;/h1-12H,(H,22,26,27)(H,23,24,25);2*1H. The van der Waals surface area contributed by atoms with E-state index in [2.05, 4.69) is 25.6 Å². The quantitative estimate of drug-likeness (QED) is 0.484. The summed E-state index contributed by atoms with van der Waals surface area (Å²) in [5.41, 5.74) is 2.57. The van der Waals surface area contributed by atoms with E-state index in [1.807, 2.05) is 6.07 Å². The topological polar surface area (TPSA) is 79.8 Å². The van der Waals surface area contributed by atoms with Gasteiger partial charge in [0.1, 0.15) is 5.82 Å². The lowest BCUT2D eigenvalue weighted by Gasteiger charge is -2.08. The van der Waals surface area contributed by atoms with E-state index in [1.165, 1.54) is 23.5 Å². The Kier molecular flexibility index (Phi) is 5.03. The summed E-state index contributed by atoms with van der Waals surface area (Å²) >= 11 is 1.35. The highest BCUT2D eigenvalue weighted by Crippen LogP contribution is 2.21. The van der Waals surface area contributed by atoms with Gasteiger partial charge in [-0.15, -0.1) is 11.3 Å². The number of aromatic nitrogens is 3. The molecule has 0 fully saturated rings. The fourth-order valence-electron chi connectivity index (χ4n) is 2.53. The molecule has 2 aromatic heterocycles. The smallest absolute Gasteiger partial charge is 0.257 e. The van der Waals surface area contributed by atoms with Crippen molar-refractivity contribution in [3.63, 3.8) is 0 Å². The Hall–Kier alpha value is -3.65. The predicted molar refractivity (Wildman–Crippen MR) is 111 cm³/mol. The molecule has 8 heteroatoms. The van der Waals surface area contributed by atoms with Crippen molar-refractivity contribution < 1.29 is 12.0 Å². The molecule has 0 aliphatic heterocycles. The molecule has 0 radical (unpaired) electrons. The van der Waals surface area contributed by atoms with Gasteiger partial charge in [0.05, 0.1) is 0 Å². The van der Waals surface area contributed by atoms with Crippen LogP contribution in [0.4, 0.5) is 21.2 Å². The maximum Gasteiger partial charge on any atom is 0.257 e. The summed E-state index contributed by atoms with van der Waals surface area (Å²) in [4.78, 5) is 24.9. The second kappa shape index (κ2) is 7.93. The van der Waals surface area contributed by atoms with Gasteiger partial charge in [0, 0.05) is 43.6 Å². The summed E-state index contributed by atoms with van der Waals surface area (Å²) in [6, 6.07) is 13.2. The van der Waals surface area contributed by atoms with Gasteiger partial charge in [0.15, 0.2) is 5.13 Å². The van der Waals surface area contributed by atoms with Gasteiger partial charge in [-0.25, -0.2) is 19.3 Å². The molecule has 0 saturated heterocycles. The molecular weight excluding hydrogens is 377 g/mol. The normalized spacial score (nSPS) is 10.5. The molecule has 0 bridgehead atoms. The Morgan fingerprint density at radius 1 is 1.00 bits per heavy atom. The van der Waals surface area contributed by atoms with Crippen molar-refractivity contribution in [2.45, 2.75) is 0 Å². The SMILES string of the molecule is O=C(Nc1nccs1)c1cccc(Nc2ncc(-c3cccc(F)c3)cn2)c1.[HH].[HH]. The van der Waals surface area contributed by atoms with Crippen molar-refractivity contribution >= 4 is 34.0 Å². The summed E-state index contributed by atoms with van der Waals surface area (Å²) in [7, 11) is 0. The van der Waals surface area contributed by atoms with Crippen LogP contribution in [0.25, 0.3) is 11.1 Å². The average Bonchev–Trinajstić information content (AvgIpc) is 3.22. The zero-order valence-corrected chi connectivity index (χ0v) is 15.3. The number of nitrogens with zero attached hydrogens (tertiary/aromatic N) is 3. The molecule has 0 spiro atoms. The van der Waals surface area contributed by atoms with Gasteiger partial charge in [-0.1, -0.05) is 18.2 Å². The van der Waals surface area contributed by atoms with E-state index in [0.29, 0.717) is 33.5 Å². The van der Waals surface area contributed by atoms with Crippen LogP contribution < -0.4 is 10.6 Å². The molecule has 2 aromatic carbocycles. The summed E-state index contributed by atoms with van der Waals surface area (Å²) in [6.07, 6.45) is 4.86. The first-order chi connectivity index (χ1) is 13.7. The van der Waals surface area contributed by atoms with Gasteiger partial charge >= 0.3 is 0 Å². The van der Waals surface area contributed by atoms with Gasteiger partial charge < -0.3 is 5.32 Å². The molecule has 0 aliphatic carbocycles. The van der Waals surface area contributed by atoms with Gasteiger partial charge in [0.2, 0.25) is 5.95 Å². The summed E-state index contributed by atoms with van der Waals surface area (Å²) in [6.45, 7) is 0. The molecular formula is C20H18FN5OS. The molecule has 4 aromatic rings. The summed E-state index contributed by atoms with van der Waals surface area (Å²) in [5.74, 6) is -0.189. The second-order valence-corrected chi connectivity index (χ2v) is 6.70. The Bertz CT molecular complexity index is 1110. The molecule has 0 aliphatic rings. The number of carbonyl (C=O) groups is 1. The highest BCUT2D eigenvalue weighted by atomic mass is 32.1. The van der Waals surface area contributed by atoms with Crippen molar-refractivity contribution in [3.05, 3.63) is 83.9 Å². The van der Waals surface area contributed by atoms with Crippen LogP contribution in [-0.2, 0) is 0 Å². The summed E-state index contributed by atoms with van der Waals surface area (Å²) in [5, 5.41) is 8.13. The van der Waals surface area contributed by atoms with Crippen molar-refractivity contribution in [3.8, 4) is 11.1 Å². The molecule has 142 valence electrons. The largest absolute Gasteiger partial charge is 0.324 e. The first-order valence-electron chi connectivity index (χ1n) is 8.33. The third kappa shape index (κ3) is 4.18. The predicted octanol–water partition coefficient (Wildman–Crippen LogP) is 5.23. The Balaban J connectivity index is 0.00000160.